The lowest BCUT2D eigenvalue weighted by Crippen LogP contribution is -2.39. The van der Waals surface area contributed by atoms with Gasteiger partial charge < -0.3 is 10.1 Å². The van der Waals surface area contributed by atoms with Crippen molar-refractivity contribution in [3.8, 4) is 0 Å². The second kappa shape index (κ2) is 5.77. The van der Waals surface area contributed by atoms with Crippen LogP contribution in [0.25, 0.3) is 0 Å². The molecule has 16 heavy (non-hydrogen) atoms. The topological polar surface area (TPSA) is 56.1 Å². The summed E-state index contributed by atoms with van der Waals surface area (Å²) >= 11 is 0. The molecule has 0 fully saturated rings. The predicted molar refractivity (Wildman–Crippen MR) is 62.7 cm³/mol. The van der Waals surface area contributed by atoms with Gasteiger partial charge in [0.2, 0.25) is 0 Å². The van der Waals surface area contributed by atoms with Gasteiger partial charge in [-0.15, -0.1) is 0 Å². The standard InChI is InChI=1S/C11H19N3O2/c1-8-5-9(2)14(11(15)13-8)6-10(12-3)7-16-4/h5,10,12H,6-7H2,1-4H3. The van der Waals surface area contributed by atoms with E-state index in [2.05, 4.69) is 10.3 Å². The first-order chi connectivity index (χ1) is 7.58. The minimum atomic E-state index is -0.200. The van der Waals surface area contributed by atoms with Gasteiger partial charge in [-0.25, -0.2) is 4.79 Å². The fraction of sp³-hybridized carbons (Fsp3) is 0.636. The van der Waals surface area contributed by atoms with Crippen molar-refractivity contribution in [3.63, 3.8) is 0 Å². The molecule has 1 heterocycles. The zero-order valence-corrected chi connectivity index (χ0v) is 10.3. The SMILES string of the molecule is CNC(COC)Cn1c(C)cc(C)nc1=O. The Kier molecular flexibility index (Phi) is 4.64. The molecule has 1 aromatic rings. The van der Waals surface area contributed by atoms with Crippen molar-refractivity contribution in [2.24, 2.45) is 0 Å². The van der Waals surface area contributed by atoms with Crippen LogP contribution in [0.15, 0.2) is 10.9 Å². The van der Waals surface area contributed by atoms with Gasteiger partial charge in [0.1, 0.15) is 0 Å². The summed E-state index contributed by atoms with van der Waals surface area (Å²) in [4.78, 5) is 15.6. The highest BCUT2D eigenvalue weighted by Gasteiger charge is 2.10. The van der Waals surface area contributed by atoms with Crippen LogP contribution in [0.4, 0.5) is 0 Å². The zero-order chi connectivity index (χ0) is 12.1. The van der Waals surface area contributed by atoms with Crippen LogP contribution >= 0.6 is 0 Å². The third-order valence-electron chi connectivity index (χ3n) is 2.53. The molecule has 1 N–H and O–H groups in total. The van der Waals surface area contributed by atoms with Crippen molar-refractivity contribution < 1.29 is 4.74 Å². The second-order valence-electron chi connectivity index (χ2n) is 3.87. The fourth-order valence-corrected chi connectivity index (χ4v) is 1.65. The molecule has 0 aromatic carbocycles. The number of hydrogen-bond acceptors (Lipinski definition) is 4. The number of hydrogen-bond donors (Lipinski definition) is 1. The summed E-state index contributed by atoms with van der Waals surface area (Å²) in [6.45, 7) is 4.87. The van der Waals surface area contributed by atoms with Gasteiger partial charge in [0.25, 0.3) is 0 Å². The minimum absolute atomic E-state index is 0.117. The highest BCUT2D eigenvalue weighted by Crippen LogP contribution is 1.98. The Labute approximate surface area is 95.5 Å². The molecule has 0 bridgehead atoms. The number of likely N-dealkylation sites (N-methyl/N-ethyl adjacent to an activating group) is 1. The van der Waals surface area contributed by atoms with Gasteiger partial charge >= 0.3 is 5.69 Å². The van der Waals surface area contributed by atoms with E-state index in [9.17, 15) is 4.79 Å². The van der Waals surface area contributed by atoms with E-state index in [1.165, 1.54) is 0 Å². The summed E-state index contributed by atoms with van der Waals surface area (Å²) in [6, 6.07) is 2.02. The lowest BCUT2D eigenvalue weighted by atomic mass is 10.3. The monoisotopic (exact) mass is 225 g/mol. The Morgan fingerprint density at radius 2 is 2.25 bits per heavy atom. The van der Waals surface area contributed by atoms with Crippen LogP contribution in [0, 0.1) is 13.8 Å². The van der Waals surface area contributed by atoms with Crippen molar-refractivity contribution in [1.82, 2.24) is 14.9 Å². The van der Waals surface area contributed by atoms with Crippen molar-refractivity contribution in [2.45, 2.75) is 26.4 Å². The molecule has 0 aliphatic carbocycles. The molecular weight excluding hydrogens is 206 g/mol. The van der Waals surface area contributed by atoms with Gasteiger partial charge in [0.05, 0.1) is 6.61 Å². The maximum absolute atomic E-state index is 11.7. The molecule has 5 heteroatoms. The maximum atomic E-state index is 11.7. The number of ether oxygens (including phenoxy) is 1. The van der Waals surface area contributed by atoms with Crippen LogP contribution in [-0.2, 0) is 11.3 Å². The highest BCUT2D eigenvalue weighted by molar-refractivity contribution is 5.06. The van der Waals surface area contributed by atoms with Crippen LogP contribution in [0.2, 0.25) is 0 Å². The van der Waals surface area contributed by atoms with Crippen LogP contribution in [0.5, 0.6) is 0 Å². The summed E-state index contributed by atoms with van der Waals surface area (Å²) in [6.07, 6.45) is 0. The number of nitrogens with one attached hydrogen (secondary N) is 1. The number of nitrogens with zero attached hydrogens (tertiary/aromatic N) is 2. The molecule has 0 radical (unpaired) electrons. The first-order valence-electron chi connectivity index (χ1n) is 5.29. The van der Waals surface area contributed by atoms with Crippen molar-refractivity contribution >= 4 is 0 Å². The molecule has 0 spiro atoms. The lowest BCUT2D eigenvalue weighted by Gasteiger charge is -2.18. The Balaban J connectivity index is 2.92. The zero-order valence-electron chi connectivity index (χ0n) is 10.3. The van der Waals surface area contributed by atoms with E-state index in [0.717, 1.165) is 11.4 Å². The van der Waals surface area contributed by atoms with Crippen molar-refractivity contribution in [2.75, 3.05) is 20.8 Å². The van der Waals surface area contributed by atoms with E-state index in [1.54, 1.807) is 11.7 Å². The molecule has 1 aromatic heterocycles. The van der Waals surface area contributed by atoms with Crippen LogP contribution in [-0.4, -0.2) is 36.4 Å². The lowest BCUT2D eigenvalue weighted by molar-refractivity contribution is 0.161. The molecule has 0 aliphatic rings. The molecule has 0 aliphatic heterocycles. The van der Waals surface area contributed by atoms with E-state index >= 15 is 0 Å². The summed E-state index contributed by atoms with van der Waals surface area (Å²) in [5.41, 5.74) is 1.48. The van der Waals surface area contributed by atoms with E-state index in [-0.39, 0.29) is 11.7 Å². The van der Waals surface area contributed by atoms with Gasteiger partial charge in [0, 0.05) is 31.1 Å². The average Bonchev–Trinajstić information content (AvgIpc) is 2.21. The molecule has 5 nitrogen and oxygen atoms in total. The Morgan fingerprint density at radius 3 is 2.75 bits per heavy atom. The molecule has 90 valence electrons. The van der Waals surface area contributed by atoms with Crippen molar-refractivity contribution in [3.05, 3.63) is 27.9 Å². The number of rotatable bonds is 5. The molecule has 0 saturated heterocycles. The van der Waals surface area contributed by atoms with E-state index < -0.39 is 0 Å². The van der Waals surface area contributed by atoms with Gasteiger partial charge in [-0.1, -0.05) is 0 Å². The quantitative estimate of drug-likeness (QED) is 0.772. The van der Waals surface area contributed by atoms with Crippen LogP contribution < -0.4 is 11.0 Å². The summed E-state index contributed by atoms with van der Waals surface area (Å²) in [5, 5.41) is 3.11. The maximum Gasteiger partial charge on any atom is 0.348 e. The number of methoxy groups -OCH3 is 1. The minimum Gasteiger partial charge on any atom is -0.383 e. The molecule has 1 rings (SSSR count). The predicted octanol–water partition coefficient (Wildman–Crippen LogP) is 0.0945. The van der Waals surface area contributed by atoms with Gasteiger partial charge in [-0.3, -0.25) is 4.57 Å². The Morgan fingerprint density at radius 1 is 1.56 bits per heavy atom. The van der Waals surface area contributed by atoms with Gasteiger partial charge in [-0.2, -0.15) is 4.98 Å². The smallest absolute Gasteiger partial charge is 0.348 e. The highest BCUT2D eigenvalue weighted by atomic mass is 16.5. The first-order valence-corrected chi connectivity index (χ1v) is 5.29. The summed E-state index contributed by atoms with van der Waals surface area (Å²) in [5.74, 6) is 0. The van der Waals surface area contributed by atoms with E-state index in [0.29, 0.717) is 13.2 Å². The molecule has 0 amide bonds. The van der Waals surface area contributed by atoms with Crippen LogP contribution in [0.3, 0.4) is 0 Å². The normalized spacial score (nSPS) is 12.8. The van der Waals surface area contributed by atoms with Gasteiger partial charge in [0.15, 0.2) is 0 Å². The first kappa shape index (κ1) is 12.9. The average molecular weight is 225 g/mol. The number of aromatic nitrogens is 2. The Hall–Kier alpha value is -1.20. The second-order valence-corrected chi connectivity index (χ2v) is 3.87. The van der Waals surface area contributed by atoms with Gasteiger partial charge in [-0.05, 0) is 27.0 Å². The molecule has 1 atom stereocenters. The molecule has 0 saturated carbocycles. The van der Waals surface area contributed by atoms with Crippen LogP contribution in [0.1, 0.15) is 11.4 Å². The summed E-state index contributed by atoms with van der Waals surface area (Å²) < 4.78 is 6.73. The van der Waals surface area contributed by atoms with Crippen molar-refractivity contribution in [1.29, 1.82) is 0 Å². The summed E-state index contributed by atoms with van der Waals surface area (Å²) in [7, 11) is 3.50. The third kappa shape index (κ3) is 3.15. The largest absolute Gasteiger partial charge is 0.383 e. The number of aryl methyl sites for hydroxylation is 2. The Bertz CT molecular complexity index is 401. The van der Waals surface area contributed by atoms with E-state index in [4.69, 9.17) is 4.74 Å². The fourth-order valence-electron chi connectivity index (χ4n) is 1.65. The third-order valence-corrected chi connectivity index (χ3v) is 2.53. The molecular formula is C11H19N3O2. The van der Waals surface area contributed by atoms with E-state index in [1.807, 2.05) is 27.0 Å². The molecule has 1 unspecified atom stereocenters.